The zero-order chi connectivity index (χ0) is 11.4. The quantitative estimate of drug-likeness (QED) is 0.836. The molecule has 0 aliphatic rings. The van der Waals surface area contributed by atoms with E-state index in [-0.39, 0.29) is 0 Å². The molecule has 2 nitrogen and oxygen atoms in total. The Morgan fingerprint density at radius 3 is 2.81 bits per heavy atom. The van der Waals surface area contributed by atoms with E-state index < -0.39 is 0 Å². The van der Waals surface area contributed by atoms with Crippen molar-refractivity contribution in [2.24, 2.45) is 0 Å². The third-order valence-corrected chi connectivity index (χ3v) is 3.47. The summed E-state index contributed by atoms with van der Waals surface area (Å²) in [7, 11) is 0. The Balaban J connectivity index is 2.13. The molecule has 3 heteroatoms. The summed E-state index contributed by atoms with van der Waals surface area (Å²) in [5, 5.41) is 14.9. The number of nitrogens with one attached hydrogen (secondary N) is 1. The van der Waals surface area contributed by atoms with Gasteiger partial charge in [-0.1, -0.05) is 19.1 Å². The van der Waals surface area contributed by atoms with Crippen molar-refractivity contribution >= 4 is 17.0 Å². The van der Waals surface area contributed by atoms with Crippen molar-refractivity contribution in [3.05, 3.63) is 46.7 Å². The van der Waals surface area contributed by atoms with Gasteiger partial charge in [0.2, 0.25) is 0 Å². The van der Waals surface area contributed by atoms with Gasteiger partial charge in [0.1, 0.15) is 5.75 Å². The van der Waals surface area contributed by atoms with E-state index in [1.807, 2.05) is 12.1 Å². The van der Waals surface area contributed by atoms with Crippen molar-refractivity contribution in [2.45, 2.75) is 19.4 Å². The normalized spacial score (nSPS) is 12.3. The SMILES string of the molecule is CCC(Nc1cccc(O)c1)c1cccs1. The smallest absolute Gasteiger partial charge is 0.117 e. The maximum atomic E-state index is 9.39. The van der Waals surface area contributed by atoms with E-state index >= 15 is 0 Å². The van der Waals surface area contributed by atoms with E-state index in [2.05, 4.69) is 29.8 Å². The first-order valence-electron chi connectivity index (χ1n) is 5.38. The van der Waals surface area contributed by atoms with E-state index in [4.69, 9.17) is 0 Å². The summed E-state index contributed by atoms with van der Waals surface area (Å²) in [5.41, 5.74) is 0.959. The maximum Gasteiger partial charge on any atom is 0.117 e. The highest BCUT2D eigenvalue weighted by atomic mass is 32.1. The van der Waals surface area contributed by atoms with E-state index in [0.717, 1.165) is 12.1 Å². The molecule has 0 amide bonds. The number of benzene rings is 1. The highest BCUT2D eigenvalue weighted by molar-refractivity contribution is 7.10. The van der Waals surface area contributed by atoms with Gasteiger partial charge >= 0.3 is 0 Å². The summed E-state index contributed by atoms with van der Waals surface area (Å²) in [4.78, 5) is 1.32. The molecule has 1 aromatic carbocycles. The molecule has 1 atom stereocenters. The molecule has 0 saturated carbocycles. The molecule has 0 fully saturated rings. The van der Waals surface area contributed by atoms with Gasteiger partial charge in [-0.05, 0) is 30.0 Å². The Labute approximate surface area is 99.6 Å². The average molecular weight is 233 g/mol. The van der Waals surface area contributed by atoms with Gasteiger partial charge in [0.15, 0.2) is 0 Å². The van der Waals surface area contributed by atoms with Gasteiger partial charge in [-0.3, -0.25) is 0 Å². The molecule has 1 unspecified atom stereocenters. The summed E-state index contributed by atoms with van der Waals surface area (Å²) in [5.74, 6) is 0.297. The van der Waals surface area contributed by atoms with E-state index in [1.165, 1.54) is 4.88 Å². The lowest BCUT2D eigenvalue weighted by Gasteiger charge is -2.16. The lowest BCUT2D eigenvalue weighted by Crippen LogP contribution is -2.07. The molecule has 84 valence electrons. The largest absolute Gasteiger partial charge is 0.508 e. The average Bonchev–Trinajstić information content (AvgIpc) is 2.79. The number of thiophene rings is 1. The lowest BCUT2D eigenvalue weighted by molar-refractivity contribution is 0.475. The fourth-order valence-electron chi connectivity index (χ4n) is 1.66. The van der Waals surface area contributed by atoms with Crippen molar-refractivity contribution in [3.8, 4) is 5.75 Å². The van der Waals surface area contributed by atoms with Crippen LogP contribution in [-0.2, 0) is 0 Å². The fourth-order valence-corrected chi connectivity index (χ4v) is 2.52. The number of rotatable bonds is 4. The van der Waals surface area contributed by atoms with E-state index in [9.17, 15) is 5.11 Å². The summed E-state index contributed by atoms with van der Waals surface area (Å²) in [6, 6.07) is 11.8. The predicted molar refractivity (Wildman–Crippen MR) is 69.1 cm³/mol. The van der Waals surface area contributed by atoms with Crippen LogP contribution in [0.15, 0.2) is 41.8 Å². The summed E-state index contributed by atoms with van der Waals surface area (Å²) in [6.45, 7) is 2.15. The second-order valence-electron chi connectivity index (χ2n) is 3.67. The zero-order valence-electron chi connectivity index (χ0n) is 9.18. The highest BCUT2D eigenvalue weighted by Gasteiger charge is 2.09. The molecule has 0 bridgehead atoms. The van der Waals surface area contributed by atoms with E-state index in [1.54, 1.807) is 23.5 Å². The van der Waals surface area contributed by atoms with Crippen molar-refractivity contribution < 1.29 is 5.11 Å². The van der Waals surface area contributed by atoms with Gasteiger partial charge in [-0.2, -0.15) is 0 Å². The molecular formula is C13H15NOS. The number of hydrogen-bond acceptors (Lipinski definition) is 3. The van der Waals surface area contributed by atoms with Gasteiger partial charge in [-0.15, -0.1) is 11.3 Å². The molecule has 2 aromatic rings. The highest BCUT2D eigenvalue weighted by Crippen LogP contribution is 2.27. The second-order valence-corrected chi connectivity index (χ2v) is 4.65. The molecule has 0 aliphatic carbocycles. The Kier molecular flexibility index (Phi) is 3.47. The van der Waals surface area contributed by atoms with Crippen LogP contribution >= 0.6 is 11.3 Å². The number of anilines is 1. The molecule has 0 aliphatic heterocycles. The molecule has 1 aromatic heterocycles. The van der Waals surface area contributed by atoms with Crippen molar-refractivity contribution in [1.82, 2.24) is 0 Å². The molecule has 16 heavy (non-hydrogen) atoms. The topological polar surface area (TPSA) is 32.3 Å². The summed E-state index contributed by atoms with van der Waals surface area (Å²) in [6.07, 6.45) is 1.02. The maximum absolute atomic E-state index is 9.39. The number of aromatic hydroxyl groups is 1. The minimum atomic E-state index is 0.297. The third-order valence-electron chi connectivity index (χ3n) is 2.48. The van der Waals surface area contributed by atoms with Gasteiger partial charge < -0.3 is 10.4 Å². The fraction of sp³-hybridized carbons (Fsp3) is 0.231. The number of phenols is 1. The number of hydrogen-bond donors (Lipinski definition) is 2. The first-order valence-corrected chi connectivity index (χ1v) is 6.26. The molecule has 2 N–H and O–H groups in total. The second kappa shape index (κ2) is 5.03. The molecule has 0 spiro atoms. The van der Waals surface area contributed by atoms with Crippen molar-refractivity contribution in [2.75, 3.05) is 5.32 Å². The van der Waals surface area contributed by atoms with Gasteiger partial charge in [0, 0.05) is 16.6 Å². The van der Waals surface area contributed by atoms with Gasteiger partial charge in [0.25, 0.3) is 0 Å². The molecule has 0 radical (unpaired) electrons. The monoisotopic (exact) mass is 233 g/mol. The third kappa shape index (κ3) is 2.55. The molecule has 2 rings (SSSR count). The van der Waals surface area contributed by atoms with Crippen LogP contribution in [0.1, 0.15) is 24.3 Å². The molecular weight excluding hydrogens is 218 g/mol. The lowest BCUT2D eigenvalue weighted by atomic mass is 10.1. The Morgan fingerprint density at radius 2 is 2.19 bits per heavy atom. The summed E-state index contributed by atoms with van der Waals surface area (Å²) >= 11 is 1.75. The Hall–Kier alpha value is -1.48. The van der Waals surface area contributed by atoms with Crippen LogP contribution in [0.2, 0.25) is 0 Å². The molecule has 1 heterocycles. The van der Waals surface area contributed by atoms with Crippen LogP contribution in [0, 0.1) is 0 Å². The minimum Gasteiger partial charge on any atom is -0.508 e. The van der Waals surface area contributed by atoms with Crippen LogP contribution in [-0.4, -0.2) is 5.11 Å². The summed E-state index contributed by atoms with van der Waals surface area (Å²) < 4.78 is 0. The van der Waals surface area contributed by atoms with Crippen LogP contribution in [0.25, 0.3) is 0 Å². The Bertz CT molecular complexity index is 439. The minimum absolute atomic E-state index is 0.297. The van der Waals surface area contributed by atoms with E-state index in [0.29, 0.717) is 11.8 Å². The predicted octanol–water partition coefficient (Wildman–Crippen LogP) is 4.02. The molecule has 0 saturated heterocycles. The van der Waals surface area contributed by atoms with Crippen LogP contribution in [0.5, 0.6) is 5.75 Å². The number of phenolic OH excluding ortho intramolecular Hbond substituents is 1. The zero-order valence-corrected chi connectivity index (χ0v) is 10.00. The Morgan fingerprint density at radius 1 is 1.31 bits per heavy atom. The van der Waals surface area contributed by atoms with Gasteiger partial charge in [0.05, 0.1) is 6.04 Å². The van der Waals surface area contributed by atoms with Crippen molar-refractivity contribution in [1.29, 1.82) is 0 Å². The van der Waals surface area contributed by atoms with Crippen molar-refractivity contribution in [3.63, 3.8) is 0 Å². The van der Waals surface area contributed by atoms with Crippen LogP contribution in [0.3, 0.4) is 0 Å². The standard InChI is InChI=1S/C13H15NOS/c1-2-12(13-7-4-8-16-13)14-10-5-3-6-11(15)9-10/h3-9,12,14-15H,2H2,1H3. The van der Waals surface area contributed by atoms with Gasteiger partial charge in [-0.25, -0.2) is 0 Å². The first kappa shape index (κ1) is 11.0. The van der Waals surface area contributed by atoms with Crippen LogP contribution in [0.4, 0.5) is 5.69 Å². The first-order chi connectivity index (χ1) is 7.79. The van der Waals surface area contributed by atoms with Crippen LogP contribution < -0.4 is 5.32 Å².